The lowest BCUT2D eigenvalue weighted by Gasteiger charge is -1.98. The number of nitrogens with zero attached hydrogens (tertiary/aromatic N) is 1. The Morgan fingerprint density at radius 2 is 1.75 bits per heavy atom. The Hall–Kier alpha value is -2.95. The Labute approximate surface area is 114 Å². The third-order valence-electron chi connectivity index (χ3n) is 3.03. The lowest BCUT2D eigenvalue weighted by molar-refractivity contribution is -0.385. The Morgan fingerprint density at radius 3 is 2.55 bits per heavy atom. The van der Waals surface area contributed by atoms with Gasteiger partial charge in [-0.05, 0) is 18.2 Å². The van der Waals surface area contributed by atoms with Gasteiger partial charge < -0.3 is 4.74 Å². The number of ether oxygens (including phenoxy) is 1. The fourth-order valence-corrected chi connectivity index (χ4v) is 2.11. The van der Waals surface area contributed by atoms with E-state index in [0.29, 0.717) is 22.4 Å². The molecule has 0 fully saturated rings. The van der Waals surface area contributed by atoms with Gasteiger partial charge in [-0.1, -0.05) is 30.3 Å². The molecule has 0 aromatic heterocycles. The molecule has 0 radical (unpaired) electrons. The molecule has 2 aromatic rings. The molecule has 5 nitrogen and oxygen atoms in total. The third kappa shape index (κ3) is 1.95. The van der Waals surface area contributed by atoms with E-state index < -0.39 is 10.9 Å². The molecule has 0 spiro atoms. The quantitative estimate of drug-likeness (QED) is 0.276. The van der Waals surface area contributed by atoms with Gasteiger partial charge in [-0.15, -0.1) is 0 Å². The number of fused-ring (bicyclic) bond motifs is 1. The summed E-state index contributed by atoms with van der Waals surface area (Å²) >= 11 is 0. The molecule has 3 rings (SSSR count). The van der Waals surface area contributed by atoms with Gasteiger partial charge in [-0.2, -0.15) is 0 Å². The van der Waals surface area contributed by atoms with Crippen LogP contribution in [-0.4, -0.2) is 10.9 Å². The van der Waals surface area contributed by atoms with Crippen molar-refractivity contribution in [3.63, 3.8) is 0 Å². The fourth-order valence-electron chi connectivity index (χ4n) is 2.11. The number of benzene rings is 2. The van der Waals surface area contributed by atoms with E-state index in [1.54, 1.807) is 42.5 Å². The van der Waals surface area contributed by atoms with Crippen molar-refractivity contribution in [2.45, 2.75) is 0 Å². The summed E-state index contributed by atoms with van der Waals surface area (Å²) in [5.41, 5.74) is 1.31. The van der Waals surface area contributed by atoms with Crippen molar-refractivity contribution in [3.05, 3.63) is 69.8 Å². The van der Waals surface area contributed by atoms with E-state index in [4.69, 9.17) is 4.74 Å². The van der Waals surface area contributed by atoms with Gasteiger partial charge >= 0.3 is 5.97 Å². The molecule has 0 aliphatic carbocycles. The Balaban J connectivity index is 2.14. The van der Waals surface area contributed by atoms with E-state index in [1.807, 2.05) is 0 Å². The molecular weight excluding hydrogens is 258 g/mol. The second-order valence-corrected chi connectivity index (χ2v) is 4.26. The van der Waals surface area contributed by atoms with Crippen LogP contribution in [0.25, 0.3) is 11.6 Å². The highest BCUT2D eigenvalue weighted by Crippen LogP contribution is 2.36. The molecule has 5 heteroatoms. The Morgan fingerprint density at radius 1 is 1.05 bits per heavy atom. The predicted octanol–water partition coefficient (Wildman–Crippen LogP) is 3.05. The lowest BCUT2D eigenvalue weighted by atomic mass is 10.0. The lowest BCUT2D eigenvalue weighted by Crippen LogP contribution is -2.00. The summed E-state index contributed by atoms with van der Waals surface area (Å²) in [4.78, 5) is 22.4. The highest BCUT2D eigenvalue weighted by atomic mass is 16.6. The summed E-state index contributed by atoms with van der Waals surface area (Å²) in [6.45, 7) is 0. The van der Waals surface area contributed by atoms with Crippen LogP contribution in [0.4, 0.5) is 5.69 Å². The average molecular weight is 267 g/mol. The van der Waals surface area contributed by atoms with Crippen LogP contribution in [0.5, 0.6) is 5.75 Å². The smallest absolute Gasteiger partial charge is 0.344 e. The van der Waals surface area contributed by atoms with E-state index in [0.717, 1.165) is 0 Å². The first kappa shape index (κ1) is 12.1. The Kier molecular flexibility index (Phi) is 2.80. The number of carbonyl (C=O) groups is 1. The number of esters is 1. The molecule has 0 unspecified atom stereocenters. The van der Waals surface area contributed by atoms with Crippen molar-refractivity contribution in [2.24, 2.45) is 0 Å². The first-order valence-electron chi connectivity index (χ1n) is 5.93. The molecule has 0 N–H and O–H groups in total. The van der Waals surface area contributed by atoms with Gasteiger partial charge in [0.05, 0.1) is 16.1 Å². The first-order chi connectivity index (χ1) is 9.66. The molecule has 98 valence electrons. The van der Waals surface area contributed by atoms with E-state index >= 15 is 0 Å². The number of para-hydroxylation sites is 2. The minimum Gasteiger partial charge on any atom is -0.422 e. The molecular formula is C15H9NO4. The molecule has 1 aliphatic rings. The molecule has 0 saturated heterocycles. The normalized spacial score (nSPS) is 15.0. The topological polar surface area (TPSA) is 69.4 Å². The number of rotatable bonds is 2. The standard InChI is InChI=1S/C15H9NO4/c17-15-12(11-6-2-4-8-14(11)20-15)9-10-5-1-3-7-13(10)16(18)19/h1-9H/b12-9-. The van der Waals surface area contributed by atoms with Crippen molar-refractivity contribution in [3.8, 4) is 5.75 Å². The zero-order valence-electron chi connectivity index (χ0n) is 10.3. The first-order valence-corrected chi connectivity index (χ1v) is 5.93. The summed E-state index contributed by atoms with van der Waals surface area (Å²) < 4.78 is 5.11. The second kappa shape index (κ2) is 4.62. The van der Waals surface area contributed by atoms with Crippen LogP contribution in [0.15, 0.2) is 48.5 Å². The molecule has 0 saturated carbocycles. The van der Waals surface area contributed by atoms with Crippen molar-refractivity contribution < 1.29 is 14.5 Å². The van der Waals surface area contributed by atoms with Gasteiger partial charge in [-0.3, -0.25) is 10.1 Å². The SMILES string of the molecule is O=C1Oc2ccccc2/C1=C/c1ccccc1[N+](=O)[O-]. The van der Waals surface area contributed by atoms with Gasteiger partial charge in [0, 0.05) is 11.6 Å². The second-order valence-electron chi connectivity index (χ2n) is 4.26. The van der Waals surface area contributed by atoms with Gasteiger partial charge in [0.25, 0.3) is 5.69 Å². The van der Waals surface area contributed by atoms with Crippen molar-refractivity contribution >= 4 is 23.3 Å². The number of hydrogen-bond acceptors (Lipinski definition) is 4. The molecule has 1 aliphatic heterocycles. The molecule has 0 atom stereocenters. The van der Waals surface area contributed by atoms with Crippen LogP contribution in [0, 0.1) is 10.1 Å². The maximum absolute atomic E-state index is 11.9. The van der Waals surface area contributed by atoms with Gasteiger partial charge in [-0.25, -0.2) is 4.79 Å². The number of nitro benzene ring substituents is 1. The maximum atomic E-state index is 11.9. The van der Waals surface area contributed by atoms with Crippen LogP contribution in [0.2, 0.25) is 0 Å². The Bertz CT molecular complexity index is 749. The summed E-state index contributed by atoms with van der Waals surface area (Å²) in [6.07, 6.45) is 1.49. The maximum Gasteiger partial charge on any atom is 0.344 e. The zero-order valence-corrected chi connectivity index (χ0v) is 10.3. The summed E-state index contributed by atoms with van der Waals surface area (Å²) in [7, 11) is 0. The van der Waals surface area contributed by atoms with Crippen LogP contribution in [0.1, 0.15) is 11.1 Å². The van der Waals surface area contributed by atoms with E-state index in [9.17, 15) is 14.9 Å². The van der Waals surface area contributed by atoms with E-state index in [-0.39, 0.29) is 5.69 Å². The third-order valence-corrected chi connectivity index (χ3v) is 3.03. The molecule has 0 amide bonds. The monoisotopic (exact) mass is 267 g/mol. The largest absolute Gasteiger partial charge is 0.422 e. The van der Waals surface area contributed by atoms with Crippen molar-refractivity contribution in [2.75, 3.05) is 0 Å². The molecule has 1 heterocycles. The summed E-state index contributed by atoms with van der Waals surface area (Å²) in [5, 5.41) is 11.0. The summed E-state index contributed by atoms with van der Waals surface area (Å²) in [6, 6.07) is 13.3. The van der Waals surface area contributed by atoms with Crippen LogP contribution >= 0.6 is 0 Å². The minimum atomic E-state index is -0.496. The summed E-state index contributed by atoms with van der Waals surface area (Å²) in [5.74, 6) is -0.0216. The molecule has 20 heavy (non-hydrogen) atoms. The van der Waals surface area contributed by atoms with Crippen molar-refractivity contribution in [1.29, 1.82) is 0 Å². The fraction of sp³-hybridized carbons (Fsp3) is 0. The number of hydrogen-bond donors (Lipinski definition) is 0. The highest BCUT2D eigenvalue weighted by Gasteiger charge is 2.27. The number of carbonyl (C=O) groups excluding carboxylic acids is 1. The van der Waals surface area contributed by atoms with Gasteiger partial charge in [0.1, 0.15) is 5.75 Å². The predicted molar refractivity (Wildman–Crippen MR) is 73.0 cm³/mol. The van der Waals surface area contributed by atoms with Gasteiger partial charge in [0.2, 0.25) is 0 Å². The highest BCUT2D eigenvalue weighted by molar-refractivity contribution is 6.26. The molecule has 0 bridgehead atoms. The van der Waals surface area contributed by atoms with Gasteiger partial charge in [0.15, 0.2) is 0 Å². The number of nitro groups is 1. The van der Waals surface area contributed by atoms with E-state index in [2.05, 4.69) is 0 Å². The van der Waals surface area contributed by atoms with Crippen molar-refractivity contribution in [1.82, 2.24) is 0 Å². The van der Waals surface area contributed by atoms with Crippen LogP contribution in [-0.2, 0) is 4.79 Å². The molecule has 2 aromatic carbocycles. The van der Waals surface area contributed by atoms with Crippen LogP contribution < -0.4 is 4.74 Å². The zero-order chi connectivity index (χ0) is 14.1. The van der Waals surface area contributed by atoms with Crippen LogP contribution in [0.3, 0.4) is 0 Å². The minimum absolute atomic E-state index is 0.0443. The average Bonchev–Trinajstić information content (AvgIpc) is 2.76. The van der Waals surface area contributed by atoms with E-state index in [1.165, 1.54) is 12.1 Å².